The summed E-state index contributed by atoms with van der Waals surface area (Å²) in [7, 11) is 0. The van der Waals surface area contributed by atoms with E-state index in [1.807, 2.05) is 18.2 Å². The van der Waals surface area contributed by atoms with Gasteiger partial charge in [0.05, 0.1) is 6.04 Å². The van der Waals surface area contributed by atoms with E-state index in [0.717, 1.165) is 12.8 Å². The Kier molecular flexibility index (Phi) is 5.87. The van der Waals surface area contributed by atoms with Crippen molar-refractivity contribution in [3.8, 4) is 0 Å². The second-order valence-corrected chi connectivity index (χ2v) is 6.84. The summed E-state index contributed by atoms with van der Waals surface area (Å²) >= 11 is 0. The number of nitrogens with one attached hydrogen (secondary N) is 1. The number of benzene rings is 1. The highest BCUT2D eigenvalue weighted by Gasteiger charge is 2.40. The highest BCUT2D eigenvalue weighted by molar-refractivity contribution is 5.85. The molecule has 1 aromatic rings. The summed E-state index contributed by atoms with van der Waals surface area (Å²) in [5.41, 5.74) is 7.47. The molecule has 3 atom stereocenters. The molecule has 2 fully saturated rings. The van der Waals surface area contributed by atoms with Crippen molar-refractivity contribution in [1.82, 2.24) is 5.32 Å². The van der Waals surface area contributed by atoms with Gasteiger partial charge in [-0.25, -0.2) is 0 Å². The van der Waals surface area contributed by atoms with Crippen LogP contribution in [0.15, 0.2) is 30.3 Å². The van der Waals surface area contributed by atoms with Crippen molar-refractivity contribution in [2.45, 2.75) is 51.1 Å². The molecular weight excluding hydrogens is 296 g/mol. The molecule has 22 heavy (non-hydrogen) atoms. The average Bonchev–Trinajstić information content (AvgIpc) is 2.47. The summed E-state index contributed by atoms with van der Waals surface area (Å²) in [5, 5.41) is 3.19. The van der Waals surface area contributed by atoms with Crippen molar-refractivity contribution in [2.24, 2.45) is 23.5 Å². The van der Waals surface area contributed by atoms with Gasteiger partial charge in [-0.3, -0.25) is 4.79 Å². The van der Waals surface area contributed by atoms with Gasteiger partial charge in [0.2, 0.25) is 5.91 Å². The molecule has 0 aromatic heterocycles. The molecule has 2 unspecified atom stereocenters. The third-order valence-electron chi connectivity index (χ3n) is 5.44. The van der Waals surface area contributed by atoms with E-state index in [1.165, 1.54) is 24.8 Å². The number of carbonyl (C=O) groups is 1. The Morgan fingerprint density at radius 2 is 1.77 bits per heavy atom. The first kappa shape index (κ1) is 17.3. The molecule has 0 heterocycles. The molecule has 2 saturated carbocycles. The van der Waals surface area contributed by atoms with Crippen molar-refractivity contribution >= 4 is 18.3 Å². The molecule has 1 amide bonds. The highest BCUT2D eigenvalue weighted by Crippen LogP contribution is 2.42. The zero-order chi connectivity index (χ0) is 14.8. The summed E-state index contributed by atoms with van der Waals surface area (Å²) in [6.07, 6.45) is 5.65. The van der Waals surface area contributed by atoms with Gasteiger partial charge in [0.1, 0.15) is 0 Å². The smallest absolute Gasteiger partial charge is 0.223 e. The largest absolute Gasteiger partial charge is 0.349 e. The number of fused-ring (bicyclic) bond motifs is 2. The van der Waals surface area contributed by atoms with Crippen LogP contribution in [0.25, 0.3) is 0 Å². The van der Waals surface area contributed by atoms with Gasteiger partial charge in [-0.2, -0.15) is 0 Å². The minimum absolute atomic E-state index is 0. The van der Waals surface area contributed by atoms with Gasteiger partial charge < -0.3 is 11.1 Å². The zero-order valence-electron chi connectivity index (χ0n) is 13.2. The number of nitrogens with two attached hydrogens (primary N) is 1. The normalized spacial score (nSPS) is 31.7. The Hall–Kier alpha value is -1.06. The van der Waals surface area contributed by atoms with Crippen LogP contribution in [0.2, 0.25) is 0 Å². The molecule has 0 spiro atoms. The maximum Gasteiger partial charge on any atom is 0.223 e. The molecule has 0 aliphatic heterocycles. The van der Waals surface area contributed by atoms with Crippen molar-refractivity contribution in [2.75, 3.05) is 0 Å². The summed E-state index contributed by atoms with van der Waals surface area (Å²) < 4.78 is 0. The van der Waals surface area contributed by atoms with E-state index in [4.69, 9.17) is 5.73 Å². The Morgan fingerprint density at radius 3 is 2.36 bits per heavy atom. The Labute approximate surface area is 139 Å². The maximum atomic E-state index is 12.6. The molecule has 1 aromatic carbocycles. The number of hydrogen-bond acceptors (Lipinski definition) is 2. The zero-order valence-corrected chi connectivity index (χ0v) is 14.0. The number of rotatable bonds is 3. The van der Waals surface area contributed by atoms with E-state index in [-0.39, 0.29) is 30.3 Å². The molecule has 0 saturated heterocycles. The van der Waals surface area contributed by atoms with Crippen LogP contribution < -0.4 is 11.1 Å². The van der Waals surface area contributed by atoms with Gasteiger partial charge in [0.25, 0.3) is 0 Å². The lowest BCUT2D eigenvalue weighted by Crippen LogP contribution is -2.49. The fraction of sp³-hybridized carbons (Fsp3) is 0.611. The molecular formula is C18H27ClN2O. The summed E-state index contributed by atoms with van der Waals surface area (Å²) in [4.78, 5) is 12.6. The van der Waals surface area contributed by atoms with E-state index in [9.17, 15) is 4.79 Å². The highest BCUT2D eigenvalue weighted by atomic mass is 35.5. The van der Waals surface area contributed by atoms with Crippen molar-refractivity contribution in [3.05, 3.63) is 35.9 Å². The predicted molar refractivity (Wildman–Crippen MR) is 91.8 cm³/mol. The lowest BCUT2D eigenvalue weighted by atomic mass is 9.65. The van der Waals surface area contributed by atoms with Gasteiger partial charge in [-0.1, -0.05) is 36.8 Å². The fourth-order valence-corrected chi connectivity index (χ4v) is 4.16. The third-order valence-corrected chi connectivity index (χ3v) is 5.44. The van der Waals surface area contributed by atoms with Gasteiger partial charge in [0.15, 0.2) is 0 Å². The van der Waals surface area contributed by atoms with Crippen LogP contribution >= 0.6 is 12.4 Å². The van der Waals surface area contributed by atoms with Crippen LogP contribution in [-0.4, -0.2) is 11.9 Å². The second kappa shape index (κ2) is 7.47. The number of hydrogen-bond donors (Lipinski definition) is 2. The van der Waals surface area contributed by atoms with Crippen molar-refractivity contribution in [3.63, 3.8) is 0 Å². The second-order valence-electron chi connectivity index (χ2n) is 6.84. The van der Waals surface area contributed by atoms with Crippen LogP contribution in [0.1, 0.15) is 50.6 Å². The van der Waals surface area contributed by atoms with E-state index in [1.54, 1.807) is 0 Å². The van der Waals surface area contributed by atoms with E-state index in [0.29, 0.717) is 17.9 Å². The molecule has 122 valence electrons. The Bertz CT molecular complexity index is 479. The molecule has 2 bridgehead atoms. The van der Waals surface area contributed by atoms with E-state index in [2.05, 4.69) is 24.4 Å². The standard InChI is InChI=1S/C18H26N2O.ClH/c1-12(13-6-3-2-4-7-13)20-18(21)16-10-14-8-5-9-15(11-16)17(14)19;/h2-4,6-7,12,14-17H,5,8-11,19H2,1H3,(H,20,21);1H/t12-,14?,15?,16?,17?;/m1./s1. The number of halogens is 1. The molecule has 0 radical (unpaired) electrons. The van der Waals surface area contributed by atoms with Crippen LogP contribution in [-0.2, 0) is 4.79 Å². The first-order valence-electron chi connectivity index (χ1n) is 8.26. The maximum absolute atomic E-state index is 12.6. The van der Waals surface area contributed by atoms with E-state index >= 15 is 0 Å². The van der Waals surface area contributed by atoms with Crippen molar-refractivity contribution < 1.29 is 4.79 Å². The van der Waals surface area contributed by atoms with Crippen LogP contribution in [0.3, 0.4) is 0 Å². The Morgan fingerprint density at radius 1 is 1.18 bits per heavy atom. The van der Waals surface area contributed by atoms with Crippen LogP contribution in [0.4, 0.5) is 0 Å². The molecule has 4 heteroatoms. The average molecular weight is 323 g/mol. The first-order valence-corrected chi connectivity index (χ1v) is 8.26. The number of carbonyl (C=O) groups excluding carboxylic acids is 1. The van der Waals surface area contributed by atoms with Gasteiger partial charge >= 0.3 is 0 Å². The lowest BCUT2D eigenvalue weighted by Gasteiger charge is -2.43. The van der Waals surface area contributed by atoms with Crippen molar-refractivity contribution in [1.29, 1.82) is 0 Å². The minimum atomic E-state index is 0. The summed E-state index contributed by atoms with van der Waals surface area (Å²) in [6, 6.07) is 10.6. The van der Waals surface area contributed by atoms with E-state index < -0.39 is 0 Å². The quantitative estimate of drug-likeness (QED) is 0.895. The van der Waals surface area contributed by atoms with Gasteiger partial charge in [-0.15, -0.1) is 12.4 Å². The lowest BCUT2D eigenvalue weighted by molar-refractivity contribution is -0.128. The van der Waals surface area contributed by atoms with Gasteiger partial charge in [0, 0.05) is 12.0 Å². The van der Waals surface area contributed by atoms with Gasteiger partial charge in [-0.05, 0) is 50.0 Å². The fourth-order valence-electron chi connectivity index (χ4n) is 4.16. The predicted octanol–water partition coefficient (Wildman–Crippen LogP) is 3.44. The SMILES string of the molecule is C[C@@H](NC(=O)C1CC2CCCC(C1)C2N)c1ccccc1.Cl. The monoisotopic (exact) mass is 322 g/mol. The third kappa shape index (κ3) is 3.64. The number of amides is 1. The molecule has 3 N–H and O–H groups in total. The molecule has 3 rings (SSSR count). The minimum Gasteiger partial charge on any atom is -0.349 e. The molecule has 3 nitrogen and oxygen atoms in total. The Balaban J connectivity index is 0.00000176. The summed E-state index contributed by atoms with van der Waals surface area (Å²) in [5.74, 6) is 1.49. The van der Waals surface area contributed by atoms with Crippen LogP contribution in [0, 0.1) is 17.8 Å². The summed E-state index contributed by atoms with van der Waals surface area (Å²) in [6.45, 7) is 2.06. The first-order chi connectivity index (χ1) is 10.1. The topological polar surface area (TPSA) is 55.1 Å². The molecule has 2 aliphatic rings. The molecule has 2 aliphatic carbocycles. The van der Waals surface area contributed by atoms with Crippen LogP contribution in [0.5, 0.6) is 0 Å².